The quantitative estimate of drug-likeness (QED) is 0.808. The van der Waals surface area contributed by atoms with Crippen LogP contribution in [0.15, 0.2) is 23.6 Å². The third-order valence-electron chi connectivity index (χ3n) is 2.53. The van der Waals surface area contributed by atoms with Crippen molar-refractivity contribution in [2.24, 2.45) is 0 Å². The molecule has 0 saturated heterocycles. The van der Waals surface area contributed by atoms with Gasteiger partial charge in [-0.05, 0) is 12.1 Å². The zero-order valence-corrected chi connectivity index (χ0v) is 11.3. The standard InChI is InChI=1S/C13H12FNO3S/c1-17-10-5-3-4-8(14)13(10)9-7-19-11(15-9)6-12(16)18-2/h3-5,7H,6H2,1-2H3. The van der Waals surface area contributed by atoms with Crippen LogP contribution in [0.3, 0.4) is 0 Å². The Bertz CT molecular complexity index is 597. The van der Waals surface area contributed by atoms with Gasteiger partial charge in [0.05, 0.1) is 31.9 Å². The van der Waals surface area contributed by atoms with Crippen LogP contribution in [-0.4, -0.2) is 25.2 Å². The van der Waals surface area contributed by atoms with Gasteiger partial charge in [0.2, 0.25) is 0 Å². The summed E-state index contributed by atoms with van der Waals surface area (Å²) < 4.78 is 23.5. The summed E-state index contributed by atoms with van der Waals surface area (Å²) in [5.41, 5.74) is 0.760. The number of hydrogen-bond acceptors (Lipinski definition) is 5. The van der Waals surface area contributed by atoms with Crippen molar-refractivity contribution >= 4 is 17.3 Å². The summed E-state index contributed by atoms with van der Waals surface area (Å²) in [6, 6.07) is 4.58. The molecule has 0 aliphatic heterocycles. The first-order valence-electron chi connectivity index (χ1n) is 5.49. The maximum Gasteiger partial charge on any atom is 0.312 e. The lowest BCUT2D eigenvalue weighted by molar-refractivity contribution is -0.139. The van der Waals surface area contributed by atoms with Crippen molar-refractivity contribution in [3.63, 3.8) is 0 Å². The topological polar surface area (TPSA) is 48.4 Å². The molecule has 0 radical (unpaired) electrons. The number of ether oxygens (including phenoxy) is 2. The highest BCUT2D eigenvalue weighted by Gasteiger charge is 2.16. The van der Waals surface area contributed by atoms with Gasteiger partial charge in [-0.25, -0.2) is 9.37 Å². The number of rotatable bonds is 4. The van der Waals surface area contributed by atoms with Crippen LogP contribution in [0.5, 0.6) is 5.75 Å². The Labute approximate surface area is 113 Å². The lowest BCUT2D eigenvalue weighted by Gasteiger charge is -2.06. The molecule has 0 aliphatic rings. The van der Waals surface area contributed by atoms with Gasteiger partial charge in [-0.1, -0.05) is 6.07 Å². The van der Waals surface area contributed by atoms with Crippen molar-refractivity contribution in [1.82, 2.24) is 4.98 Å². The van der Waals surface area contributed by atoms with E-state index in [-0.39, 0.29) is 12.4 Å². The van der Waals surface area contributed by atoms with Crippen molar-refractivity contribution in [2.45, 2.75) is 6.42 Å². The normalized spacial score (nSPS) is 10.3. The zero-order chi connectivity index (χ0) is 13.8. The predicted octanol–water partition coefficient (Wildman–Crippen LogP) is 2.67. The molecule has 0 N–H and O–H groups in total. The monoisotopic (exact) mass is 281 g/mol. The second kappa shape index (κ2) is 5.79. The van der Waals surface area contributed by atoms with Crippen molar-refractivity contribution < 1.29 is 18.7 Å². The molecule has 100 valence electrons. The van der Waals surface area contributed by atoms with Gasteiger partial charge in [0.15, 0.2) is 0 Å². The average Bonchev–Trinajstić information content (AvgIpc) is 2.86. The molecule has 2 rings (SSSR count). The Balaban J connectivity index is 2.35. The number of benzene rings is 1. The number of methoxy groups -OCH3 is 2. The van der Waals surface area contributed by atoms with Crippen LogP contribution in [-0.2, 0) is 16.0 Å². The molecule has 2 aromatic rings. The first kappa shape index (κ1) is 13.5. The summed E-state index contributed by atoms with van der Waals surface area (Å²) in [4.78, 5) is 15.4. The van der Waals surface area contributed by atoms with Crippen LogP contribution >= 0.6 is 11.3 Å². The smallest absolute Gasteiger partial charge is 0.312 e. The van der Waals surface area contributed by atoms with E-state index in [1.54, 1.807) is 17.5 Å². The van der Waals surface area contributed by atoms with E-state index in [4.69, 9.17) is 4.74 Å². The fourth-order valence-corrected chi connectivity index (χ4v) is 2.40. The minimum atomic E-state index is -0.408. The van der Waals surface area contributed by atoms with E-state index >= 15 is 0 Å². The summed E-state index contributed by atoms with van der Waals surface area (Å²) in [5, 5.41) is 2.27. The van der Waals surface area contributed by atoms with Crippen LogP contribution in [0, 0.1) is 5.82 Å². The van der Waals surface area contributed by atoms with E-state index in [2.05, 4.69) is 9.72 Å². The average molecular weight is 281 g/mol. The Morgan fingerprint density at radius 2 is 2.21 bits per heavy atom. The lowest BCUT2D eigenvalue weighted by atomic mass is 10.1. The fraction of sp³-hybridized carbons (Fsp3) is 0.231. The van der Waals surface area contributed by atoms with Crippen LogP contribution in [0.4, 0.5) is 4.39 Å². The molecule has 0 atom stereocenters. The van der Waals surface area contributed by atoms with E-state index in [0.717, 1.165) is 0 Å². The van der Waals surface area contributed by atoms with Crippen molar-refractivity contribution in [3.8, 4) is 17.0 Å². The highest BCUT2D eigenvalue weighted by atomic mass is 32.1. The maximum absolute atomic E-state index is 13.9. The second-order valence-corrected chi connectivity index (χ2v) is 4.64. The molecule has 0 unspecified atom stereocenters. The third-order valence-corrected chi connectivity index (χ3v) is 3.38. The first-order valence-corrected chi connectivity index (χ1v) is 6.37. The van der Waals surface area contributed by atoms with Crippen LogP contribution in [0.2, 0.25) is 0 Å². The number of nitrogens with zero attached hydrogens (tertiary/aromatic N) is 1. The van der Waals surface area contributed by atoms with Gasteiger partial charge < -0.3 is 9.47 Å². The molecule has 0 amide bonds. The summed E-state index contributed by atoms with van der Waals surface area (Å²) in [6.07, 6.45) is 0.0813. The van der Waals surface area contributed by atoms with Crippen LogP contribution in [0.25, 0.3) is 11.3 Å². The van der Waals surface area contributed by atoms with Gasteiger partial charge in [0.25, 0.3) is 0 Å². The molecular weight excluding hydrogens is 269 g/mol. The molecule has 19 heavy (non-hydrogen) atoms. The Hall–Kier alpha value is -1.95. The van der Waals surface area contributed by atoms with Crippen molar-refractivity contribution in [1.29, 1.82) is 0 Å². The second-order valence-electron chi connectivity index (χ2n) is 3.70. The van der Waals surface area contributed by atoms with Gasteiger partial charge in [0, 0.05) is 5.38 Å². The van der Waals surface area contributed by atoms with E-state index in [1.807, 2.05) is 0 Å². The molecule has 0 saturated carbocycles. The van der Waals surface area contributed by atoms with E-state index < -0.39 is 5.82 Å². The lowest BCUT2D eigenvalue weighted by Crippen LogP contribution is -2.04. The minimum Gasteiger partial charge on any atom is -0.496 e. The van der Waals surface area contributed by atoms with Gasteiger partial charge >= 0.3 is 5.97 Å². The number of thiazole rings is 1. The SMILES string of the molecule is COC(=O)Cc1nc(-c2c(F)cccc2OC)cs1. The molecule has 0 fully saturated rings. The summed E-state index contributed by atoms with van der Waals surface area (Å²) in [5.74, 6) is -0.370. The van der Waals surface area contributed by atoms with Gasteiger partial charge in [-0.3, -0.25) is 4.79 Å². The van der Waals surface area contributed by atoms with Crippen molar-refractivity contribution in [3.05, 3.63) is 34.4 Å². The number of esters is 1. The maximum atomic E-state index is 13.9. The van der Waals surface area contributed by atoms with E-state index in [9.17, 15) is 9.18 Å². The summed E-state index contributed by atoms with van der Waals surface area (Å²) >= 11 is 1.28. The highest BCUT2D eigenvalue weighted by Crippen LogP contribution is 2.33. The number of carbonyl (C=O) groups is 1. The summed E-state index contributed by atoms with van der Waals surface area (Å²) in [6.45, 7) is 0. The van der Waals surface area contributed by atoms with Gasteiger partial charge in [-0.2, -0.15) is 0 Å². The molecule has 4 nitrogen and oxygen atoms in total. The highest BCUT2D eigenvalue weighted by molar-refractivity contribution is 7.10. The Morgan fingerprint density at radius 3 is 2.89 bits per heavy atom. The largest absolute Gasteiger partial charge is 0.496 e. The number of aromatic nitrogens is 1. The third kappa shape index (κ3) is 2.90. The number of carbonyl (C=O) groups excluding carboxylic acids is 1. The minimum absolute atomic E-state index is 0.0813. The fourth-order valence-electron chi connectivity index (χ4n) is 1.63. The van der Waals surface area contributed by atoms with E-state index in [0.29, 0.717) is 22.0 Å². The first-order chi connectivity index (χ1) is 9.15. The van der Waals surface area contributed by atoms with E-state index in [1.165, 1.54) is 31.6 Å². The molecule has 1 aromatic heterocycles. The van der Waals surface area contributed by atoms with Crippen molar-refractivity contribution in [2.75, 3.05) is 14.2 Å². The molecule has 0 aliphatic carbocycles. The number of halogens is 1. The molecule has 6 heteroatoms. The van der Waals surface area contributed by atoms with Crippen LogP contribution < -0.4 is 4.74 Å². The Morgan fingerprint density at radius 1 is 1.42 bits per heavy atom. The molecule has 1 aromatic carbocycles. The Kier molecular flexibility index (Phi) is 4.11. The molecule has 0 bridgehead atoms. The van der Waals surface area contributed by atoms with Gasteiger partial charge in [0.1, 0.15) is 16.6 Å². The zero-order valence-electron chi connectivity index (χ0n) is 10.5. The molecule has 0 spiro atoms. The summed E-state index contributed by atoms with van der Waals surface area (Å²) in [7, 11) is 2.79. The number of hydrogen-bond donors (Lipinski definition) is 0. The van der Waals surface area contributed by atoms with Gasteiger partial charge in [-0.15, -0.1) is 11.3 Å². The van der Waals surface area contributed by atoms with Crippen LogP contribution in [0.1, 0.15) is 5.01 Å². The molecule has 1 heterocycles. The predicted molar refractivity (Wildman–Crippen MR) is 69.8 cm³/mol. The molecular formula is C13H12FNO3S.